The molecule has 0 aliphatic heterocycles. The van der Waals surface area contributed by atoms with E-state index in [1.807, 2.05) is 0 Å². The third-order valence-corrected chi connectivity index (χ3v) is 4.58. The number of thiophene rings is 1. The van der Waals surface area contributed by atoms with Crippen LogP contribution in [0.4, 0.5) is 36.1 Å². The second kappa shape index (κ2) is 5.81. The molecule has 7 N–H and O–H groups in total. The van der Waals surface area contributed by atoms with Gasteiger partial charge in [0.05, 0.1) is 22.6 Å². The quantitative estimate of drug-likeness (QED) is 0.554. The van der Waals surface area contributed by atoms with E-state index in [0.717, 1.165) is 17.4 Å². The zero-order valence-electron chi connectivity index (χ0n) is 12.5. The lowest BCUT2D eigenvalue weighted by Crippen LogP contribution is -2.16. The van der Waals surface area contributed by atoms with Crippen molar-refractivity contribution in [1.29, 1.82) is 0 Å². The zero-order valence-corrected chi connectivity index (χ0v) is 13.3. The number of hydrogen-bond acceptors (Lipinski definition) is 6. The monoisotopic (exact) mass is 367 g/mol. The van der Waals surface area contributed by atoms with Crippen molar-refractivity contribution in [3.05, 3.63) is 40.8 Å². The summed E-state index contributed by atoms with van der Waals surface area (Å²) in [6, 6.07) is 6.15. The van der Waals surface area contributed by atoms with Gasteiger partial charge in [-0.3, -0.25) is 4.79 Å². The van der Waals surface area contributed by atoms with E-state index in [-0.39, 0.29) is 27.8 Å². The maximum absolute atomic E-state index is 13.0. The Morgan fingerprint density at radius 1 is 1.16 bits per heavy atom. The number of para-hydroxylation sites is 1. The molecule has 3 rings (SSSR count). The standard InChI is InChI=1S/C15H12F3N5OS/c16-15(17,18)7-3-1-2-4-9(7)22-13(24)11-10(20)6-5-8(19)12(21)23-14(6)25-11/h1-5H,19-20H2,(H2,21,23)(H,22,24). The normalized spacial score (nSPS) is 11.6. The number of hydrogen-bond donors (Lipinski definition) is 4. The van der Waals surface area contributed by atoms with E-state index < -0.39 is 17.6 Å². The molecule has 6 nitrogen and oxygen atoms in total. The zero-order chi connectivity index (χ0) is 18.4. The number of rotatable bonds is 2. The van der Waals surface area contributed by atoms with Crippen LogP contribution in [0.15, 0.2) is 30.3 Å². The first kappa shape index (κ1) is 16.8. The lowest BCUT2D eigenvalue weighted by atomic mass is 10.1. The maximum Gasteiger partial charge on any atom is 0.418 e. The van der Waals surface area contributed by atoms with Gasteiger partial charge in [0, 0.05) is 5.39 Å². The number of aromatic nitrogens is 1. The number of alkyl halides is 3. The molecule has 1 aromatic carbocycles. The first-order valence-corrected chi connectivity index (χ1v) is 7.71. The molecule has 25 heavy (non-hydrogen) atoms. The van der Waals surface area contributed by atoms with Gasteiger partial charge in [-0.25, -0.2) is 4.98 Å². The van der Waals surface area contributed by atoms with Crippen LogP contribution in [-0.2, 0) is 6.18 Å². The Kier molecular flexibility index (Phi) is 3.91. The minimum absolute atomic E-state index is 0.0319. The lowest BCUT2D eigenvalue weighted by molar-refractivity contribution is -0.136. The second-order valence-corrected chi connectivity index (χ2v) is 6.16. The van der Waals surface area contributed by atoms with Crippen LogP contribution in [0.25, 0.3) is 10.2 Å². The topological polar surface area (TPSA) is 120 Å². The average molecular weight is 367 g/mol. The fourth-order valence-corrected chi connectivity index (χ4v) is 3.24. The van der Waals surface area contributed by atoms with Crippen molar-refractivity contribution in [3.63, 3.8) is 0 Å². The van der Waals surface area contributed by atoms with Crippen LogP contribution in [-0.4, -0.2) is 10.9 Å². The predicted octanol–water partition coefficient (Wildman–Crippen LogP) is 3.31. The van der Waals surface area contributed by atoms with Gasteiger partial charge in [-0.15, -0.1) is 11.3 Å². The van der Waals surface area contributed by atoms with Gasteiger partial charge in [0.15, 0.2) is 0 Å². The number of benzene rings is 1. The number of carbonyl (C=O) groups excluding carboxylic acids is 1. The molecule has 10 heteroatoms. The van der Waals surface area contributed by atoms with Crippen LogP contribution >= 0.6 is 11.3 Å². The molecular weight excluding hydrogens is 355 g/mol. The summed E-state index contributed by atoms with van der Waals surface area (Å²) in [4.78, 5) is 16.9. The van der Waals surface area contributed by atoms with Gasteiger partial charge in [0.1, 0.15) is 15.5 Å². The van der Waals surface area contributed by atoms with Crippen molar-refractivity contribution in [2.75, 3.05) is 22.5 Å². The number of amides is 1. The Hall–Kier alpha value is -3.01. The number of nitrogens with two attached hydrogens (primary N) is 3. The van der Waals surface area contributed by atoms with Crippen molar-refractivity contribution in [2.24, 2.45) is 0 Å². The van der Waals surface area contributed by atoms with Crippen LogP contribution in [0.5, 0.6) is 0 Å². The highest BCUT2D eigenvalue weighted by atomic mass is 32.1. The summed E-state index contributed by atoms with van der Waals surface area (Å²) in [7, 11) is 0. The van der Waals surface area contributed by atoms with Gasteiger partial charge in [0.2, 0.25) is 0 Å². The summed E-state index contributed by atoms with van der Waals surface area (Å²) < 4.78 is 39.1. The number of nitrogen functional groups attached to an aromatic ring is 3. The van der Waals surface area contributed by atoms with E-state index in [9.17, 15) is 18.0 Å². The van der Waals surface area contributed by atoms with Gasteiger partial charge >= 0.3 is 6.18 Å². The minimum Gasteiger partial charge on any atom is -0.397 e. The fraction of sp³-hybridized carbons (Fsp3) is 0.0667. The number of nitrogens with zero attached hydrogens (tertiary/aromatic N) is 1. The molecule has 0 spiro atoms. The lowest BCUT2D eigenvalue weighted by Gasteiger charge is -2.13. The molecule has 0 fully saturated rings. The van der Waals surface area contributed by atoms with E-state index in [1.54, 1.807) is 0 Å². The van der Waals surface area contributed by atoms with Gasteiger partial charge < -0.3 is 22.5 Å². The third-order valence-electron chi connectivity index (χ3n) is 3.47. The predicted molar refractivity (Wildman–Crippen MR) is 92.3 cm³/mol. The minimum atomic E-state index is -4.60. The van der Waals surface area contributed by atoms with Crippen LogP contribution < -0.4 is 22.5 Å². The number of anilines is 4. The first-order valence-electron chi connectivity index (χ1n) is 6.90. The molecule has 3 aromatic rings. The average Bonchev–Trinajstić information content (AvgIpc) is 2.84. The second-order valence-electron chi connectivity index (χ2n) is 5.16. The molecule has 0 radical (unpaired) electrons. The van der Waals surface area contributed by atoms with Crippen molar-refractivity contribution in [3.8, 4) is 0 Å². The molecule has 0 aliphatic rings. The summed E-state index contributed by atoms with van der Waals surface area (Å²) in [6.45, 7) is 0. The highest BCUT2D eigenvalue weighted by Crippen LogP contribution is 2.37. The Bertz CT molecular complexity index is 983. The molecule has 0 saturated carbocycles. The van der Waals surface area contributed by atoms with Crippen LogP contribution in [0.3, 0.4) is 0 Å². The van der Waals surface area contributed by atoms with Crippen LogP contribution in [0.1, 0.15) is 15.2 Å². The van der Waals surface area contributed by atoms with Gasteiger partial charge in [-0.05, 0) is 18.2 Å². The number of carbonyl (C=O) groups is 1. The van der Waals surface area contributed by atoms with Gasteiger partial charge in [0.25, 0.3) is 5.91 Å². The number of fused-ring (bicyclic) bond motifs is 1. The van der Waals surface area contributed by atoms with Gasteiger partial charge in [-0.2, -0.15) is 13.2 Å². The van der Waals surface area contributed by atoms with Crippen molar-refractivity contribution in [2.45, 2.75) is 6.18 Å². The number of nitrogens with one attached hydrogen (secondary N) is 1. The summed E-state index contributed by atoms with van der Waals surface area (Å²) in [5.74, 6) is -0.683. The largest absolute Gasteiger partial charge is 0.418 e. The molecular formula is C15H12F3N5OS. The molecule has 130 valence electrons. The molecule has 0 atom stereocenters. The Morgan fingerprint density at radius 2 is 1.84 bits per heavy atom. The highest BCUT2D eigenvalue weighted by molar-refractivity contribution is 7.21. The number of halogens is 3. The van der Waals surface area contributed by atoms with Crippen LogP contribution in [0.2, 0.25) is 0 Å². The molecule has 1 amide bonds. The summed E-state index contributed by atoms with van der Waals surface area (Å²) in [6.07, 6.45) is -4.60. The molecule has 0 aliphatic carbocycles. The highest BCUT2D eigenvalue weighted by Gasteiger charge is 2.34. The number of pyridine rings is 1. The van der Waals surface area contributed by atoms with E-state index >= 15 is 0 Å². The molecule has 0 bridgehead atoms. The Labute approximate surface area is 143 Å². The summed E-state index contributed by atoms with van der Waals surface area (Å²) >= 11 is 0.923. The smallest absolute Gasteiger partial charge is 0.397 e. The van der Waals surface area contributed by atoms with E-state index in [1.165, 1.54) is 24.3 Å². The molecule has 0 unspecified atom stereocenters. The Balaban J connectivity index is 2.01. The van der Waals surface area contributed by atoms with E-state index in [2.05, 4.69) is 10.3 Å². The SMILES string of the molecule is Nc1cc2c(N)c(C(=O)Nc3ccccc3C(F)(F)F)sc2nc1N. The summed E-state index contributed by atoms with van der Waals surface area (Å²) in [5.41, 5.74) is 16.2. The fourth-order valence-electron chi connectivity index (χ4n) is 2.26. The van der Waals surface area contributed by atoms with Crippen molar-refractivity contribution < 1.29 is 18.0 Å². The van der Waals surface area contributed by atoms with Crippen molar-refractivity contribution >= 4 is 50.3 Å². The van der Waals surface area contributed by atoms with E-state index in [4.69, 9.17) is 17.2 Å². The molecule has 2 aromatic heterocycles. The third kappa shape index (κ3) is 3.03. The first-order chi connectivity index (χ1) is 11.7. The molecule has 2 heterocycles. The maximum atomic E-state index is 13.0. The van der Waals surface area contributed by atoms with Gasteiger partial charge in [-0.1, -0.05) is 12.1 Å². The van der Waals surface area contributed by atoms with Crippen molar-refractivity contribution in [1.82, 2.24) is 4.98 Å². The molecule has 0 saturated heterocycles. The summed E-state index contributed by atoms with van der Waals surface area (Å²) in [5, 5.41) is 2.67. The van der Waals surface area contributed by atoms with E-state index in [0.29, 0.717) is 10.2 Å². The Morgan fingerprint density at radius 3 is 2.52 bits per heavy atom. The van der Waals surface area contributed by atoms with Crippen LogP contribution in [0, 0.1) is 0 Å².